The average Bonchev–Trinajstić information content (AvgIpc) is 3.27. The molecule has 39 heavy (non-hydrogen) atoms. The van der Waals surface area contributed by atoms with E-state index in [1.54, 1.807) is 12.2 Å². The third-order valence-corrected chi connectivity index (χ3v) is 8.29. The van der Waals surface area contributed by atoms with Crippen molar-refractivity contribution in [2.75, 3.05) is 4.72 Å². The quantitative estimate of drug-likeness (QED) is 0.279. The molecule has 3 N–H and O–H groups in total. The van der Waals surface area contributed by atoms with Crippen LogP contribution in [-0.2, 0) is 10.0 Å². The first-order chi connectivity index (χ1) is 18.7. The van der Waals surface area contributed by atoms with Crippen molar-refractivity contribution < 1.29 is 21.6 Å². The lowest BCUT2D eigenvalue weighted by atomic mass is 10.0. The van der Waals surface area contributed by atoms with Gasteiger partial charge in [-0.3, -0.25) is 4.72 Å². The summed E-state index contributed by atoms with van der Waals surface area (Å²) in [4.78, 5) is 8.13. The molecule has 0 spiro atoms. The van der Waals surface area contributed by atoms with Gasteiger partial charge in [0.1, 0.15) is 22.5 Å². The number of aromatic nitrogens is 1. The molecule has 0 fully saturated rings. The Hall–Kier alpha value is -4.48. The van der Waals surface area contributed by atoms with E-state index >= 15 is 4.39 Å². The molecule has 0 atom stereocenters. The Bertz CT molecular complexity index is 1790. The third-order valence-electron chi connectivity index (χ3n) is 5.72. The second-order valence-corrected chi connectivity index (χ2v) is 11.0. The van der Waals surface area contributed by atoms with Gasteiger partial charge in [-0.2, -0.15) is 0 Å². The molecule has 0 saturated heterocycles. The molecule has 1 aromatic heterocycles. The minimum absolute atomic E-state index is 0.0318. The van der Waals surface area contributed by atoms with Crippen LogP contribution in [-0.4, -0.2) is 19.2 Å². The number of hydrogen-bond acceptors (Lipinski definition) is 6. The lowest BCUT2D eigenvalue weighted by Crippen LogP contribution is -2.17. The maximum Gasteiger partial charge on any atom is 0.267 e. The lowest BCUT2D eigenvalue weighted by Gasteiger charge is -2.12. The Kier molecular flexibility index (Phi) is 6.94. The zero-order valence-corrected chi connectivity index (χ0v) is 21.7. The molecular formula is C28H19F3N4O2S2. The van der Waals surface area contributed by atoms with Crippen molar-refractivity contribution in [1.82, 2.24) is 4.98 Å². The first-order valence-corrected chi connectivity index (χ1v) is 13.7. The molecule has 2 heterocycles. The van der Waals surface area contributed by atoms with E-state index in [-0.39, 0.29) is 17.1 Å². The summed E-state index contributed by atoms with van der Waals surface area (Å²) in [5.41, 5.74) is 7.43. The van der Waals surface area contributed by atoms with Gasteiger partial charge in [0.2, 0.25) is 0 Å². The number of nitrogens with two attached hydrogens (primary N) is 1. The molecule has 1 aliphatic heterocycles. The summed E-state index contributed by atoms with van der Waals surface area (Å²) in [5.74, 6) is -3.36. The molecule has 0 saturated carbocycles. The van der Waals surface area contributed by atoms with Gasteiger partial charge in [-0.05, 0) is 42.0 Å². The van der Waals surface area contributed by atoms with Crippen LogP contribution in [0, 0.1) is 17.5 Å². The van der Waals surface area contributed by atoms with Crippen LogP contribution in [0.15, 0.2) is 107 Å². The van der Waals surface area contributed by atoms with E-state index < -0.39 is 38.1 Å². The van der Waals surface area contributed by atoms with Crippen molar-refractivity contribution in [2.45, 2.75) is 4.90 Å². The maximum absolute atomic E-state index is 15.9. The maximum atomic E-state index is 15.9. The second kappa shape index (κ2) is 10.4. The summed E-state index contributed by atoms with van der Waals surface area (Å²) in [6.07, 6.45) is 4.87. The Morgan fingerprint density at radius 3 is 2.33 bits per heavy atom. The van der Waals surface area contributed by atoms with Gasteiger partial charge in [-0.15, -0.1) is 11.3 Å². The number of thiazole rings is 1. The fourth-order valence-electron chi connectivity index (χ4n) is 3.86. The first kappa shape index (κ1) is 26.1. The minimum Gasteiger partial charge on any atom is -0.383 e. The average molecular weight is 565 g/mol. The number of allylic oxidation sites excluding steroid dienone is 2. The summed E-state index contributed by atoms with van der Waals surface area (Å²) in [5, 5.41) is 0.581. The number of rotatable bonds is 6. The van der Waals surface area contributed by atoms with Gasteiger partial charge in [0, 0.05) is 22.9 Å². The van der Waals surface area contributed by atoms with Gasteiger partial charge in [-0.1, -0.05) is 49.0 Å². The zero-order valence-electron chi connectivity index (χ0n) is 20.0. The van der Waals surface area contributed by atoms with Gasteiger partial charge in [0.15, 0.2) is 10.7 Å². The smallest absolute Gasteiger partial charge is 0.267 e. The number of sulfonamides is 1. The number of hydrogen-bond donors (Lipinski definition) is 2. The number of amidine groups is 1. The topological polar surface area (TPSA) is 97.4 Å². The van der Waals surface area contributed by atoms with Crippen LogP contribution in [0.1, 0.15) is 4.88 Å². The van der Waals surface area contributed by atoms with E-state index in [1.807, 2.05) is 35.1 Å². The minimum atomic E-state index is -4.80. The SMILES string of the molecule is C=C1C=C(c2sc(-c3ccccc3)nc2-c2cccc(NS(=O)(=O)c3c(F)cccc3F)c2F)C=CN=C1N. The molecular weight excluding hydrogens is 545 g/mol. The van der Waals surface area contributed by atoms with Crippen LogP contribution < -0.4 is 10.5 Å². The van der Waals surface area contributed by atoms with Gasteiger partial charge in [0.05, 0.1) is 16.3 Å². The molecule has 6 nitrogen and oxygen atoms in total. The Morgan fingerprint density at radius 2 is 1.62 bits per heavy atom. The van der Waals surface area contributed by atoms with E-state index in [0.717, 1.165) is 29.8 Å². The number of nitrogens with one attached hydrogen (secondary N) is 1. The van der Waals surface area contributed by atoms with Crippen molar-refractivity contribution in [1.29, 1.82) is 0 Å². The van der Waals surface area contributed by atoms with Gasteiger partial charge >= 0.3 is 0 Å². The Labute approximate surface area is 226 Å². The Balaban J connectivity index is 1.65. The highest BCUT2D eigenvalue weighted by Gasteiger charge is 2.27. The molecule has 11 heteroatoms. The summed E-state index contributed by atoms with van der Waals surface area (Å²) >= 11 is 1.29. The lowest BCUT2D eigenvalue weighted by molar-refractivity contribution is 0.521. The first-order valence-electron chi connectivity index (χ1n) is 11.4. The fraction of sp³-hybridized carbons (Fsp3) is 0. The van der Waals surface area contributed by atoms with Crippen LogP contribution in [0.2, 0.25) is 0 Å². The molecule has 5 rings (SSSR count). The number of anilines is 1. The largest absolute Gasteiger partial charge is 0.383 e. The molecule has 196 valence electrons. The standard InChI is InChI=1S/C28H19F3N4O2S2/c1-16-15-18(13-14-33-27(16)32)25-24(34-28(38-25)17-7-3-2-4-8-17)19-9-5-12-22(23(19)31)35-39(36,37)26-20(29)10-6-11-21(26)30/h2-15,35H,1H2,(H2,32,33). The highest BCUT2D eigenvalue weighted by Crippen LogP contribution is 2.41. The predicted molar refractivity (Wildman–Crippen MR) is 148 cm³/mol. The van der Waals surface area contributed by atoms with Gasteiger partial charge < -0.3 is 5.73 Å². The molecule has 1 aliphatic rings. The van der Waals surface area contributed by atoms with E-state index in [9.17, 15) is 17.2 Å². The van der Waals surface area contributed by atoms with Crippen LogP contribution >= 0.6 is 11.3 Å². The van der Waals surface area contributed by atoms with Crippen molar-refractivity contribution in [3.8, 4) is 21.8 Å². The summed E-state index contributed by atoms with van der Waals surface area (Å²) < 4.78 is 72.0. The van der Waals surface area contributed by atoms with Gasteiger partial charge in [-0.25, -0.2) is 31.6 Å². The van der Waals surface area contributed by atoms with Crippen LogP contribution in [0.25, 0.3) is 27.4 Å². The Morgan fingerprint density at radius 1 is 0.923 bits per heavy atom. The highest BCUT2D eigenvalue weighted by molar-refractivity contribution is 7.92. The van der Waals surface area contributed by atoms with E-state index in [0.29, 0.717) is 21.0 Å². The fourth-order valence-corrected chi connectivity index (χ4v) is 6.14. The van der Waals surface area contributed by atoms with Crippen molar-refractivity contribution in [3.63, 3.8) is 0 Å². The molecule has 0 unspecified atom stereocenters. The van der Waals surface area contributed by atoms with Crippen molar-refractivity contribution in [3.05, 3.63) is 120 Å². The van der Waals surface area contributed by atoms with E-state index in [4.69, 9.17) is 10.7 Å². The van der Waals surface area contributed by atoms with Gasteiger partial charge in [0.25, 0.3) is 10.0 Å². The van der Waals surface area contributed by atoms with Crippen molar-refractivity contribution >= 4 is 38.5 Å². The highest BCUT2D eigenvalue weighted by atomic mass is 32.2. The van der Waals surface area contributed by atoms with Crippen molar-refractivity contribution in [2.24, 2.45) is 10.7 Å². The normalized spacial score (nSPS) is 13.6. The van der Waals surface area contributed by atoms with Crippen LogP contribution in [0.5, 0.6) is 0 Å². The van der Waals surface area contributed by atoms with E-state index in [2.05, 4.69) is 11.6 Å². The van der Waals surface area contributed by atoms with Crippen LogP contribution in [0.3, 0.4) is 0 Å². The molecule has 0 bridgehead atoms. The zero-order chi connectivity index (χ0) is 27.7. The summed E-state index contributed by atoms with van der Waals surface area (Å²) in [7, 11) is -4.80. The summed E-state index contributed by atoms with van der Waals surface area (Å²) in [6.45, 7) is 3.91. The molecule has 0 aliphatic carbocycles. The predicted octanol–water partition coefficient (Wildman–Crippen LogP) is 6.52. The second-order valence-electron chi connectivity index (χ2n) is 8.34. The van der Waals surface area contributed by atoms with E-state index in [1.165, 1.54) is 29.7 Å². The van der Waals surface area contributed by atoms with Crippen LogP contribution in [0.4, 0.5) is 18.9 Å². The summed E-state index contributed by atoms with van der Waals surface area (Å²) in [6, 6.07) is 15.9. The third kappa shape index (κ3) is 5.14. The molecule has 0 amide bonds. The number of nitrogens with zero attached hydrogens (tertiary/aromatic N) is 2. The monoisotopic (exact) mass is 564 g/mol. The number of benzene rings is 3. The molecule has 3 aromatic carbocycles. The molecule has 4 aromatic rings. The number of halogens is 3. The number of aliphatic imine (C=N–C) groups is 1. The molecule has 0 radical (unpaired) electrons.